The van der Waals surface area contributed by atoms with Crippen LogP contribution in [0.1, 0.15) is 12.5 Å². The summed E-state index contributed by atoms with van der Waals surface area (Å²) < 4.78 is 5.35. The number of halogens is 1. The van der Waals surface area contributed by atoms with Gasteiger partial charge in [0.15, 0.2) is 5.82 Å². The standard InChI is InChI=1S/C23H17ClN2O2/c1-14-10-12-16(13-11-14)22-17-6-3-4-8-19(17)25-23(26-22)21-18(24)7-5-9-20(21)28-15(2)27/h3-13H,1-2H3. The number of hydrogen-bond acceptors (Lipinski definition) is 4. The highest BCUT2D eigenvalue weighted by atomic mass is 35.5. The summed E-state index contributed by atoms with van der Waals surface area (Å²) in [6.07, 6.45) is 0. The molecule has 1 heterocycles. The van der Waals surface area contributed by atoms with Crippen LogP contribution in [-0.2, 0) is 4.79 Å². The molecule has 0 bridgehead atoms. The fraction of sp³-hybridized carbons (Fsp3) is 0.0870. The molecule has 0 saturated carbocycles. The molecule has 4 nitrogen and oxygen atoms in total. The fourth-order valence-corrected chi connectivity index (χ4v) is 3.33. The van der Waals surface area contributed by atoms with Crippen molar-refractivity contribution in [2.45, 2.75) is 13.8 Å². The predicted molar refractivity (Wildman–Crippen MR) is 111 cm³/mol. The number of hydrogen-bond donors (Lipinski definition) is 0. The molecule has 0 aliphatic rings. The second kappa shape index (κ2) is 7.41. The Kier molecular flexibility index (Phi) is 4.80. The van der Waals surface area contributed by atoms with Crippen molar-refractivity contribution < 1.29 is 9.53 Å². The lowest BCUT2D eigenvalue weighted by Gasteiger charge is -2.13. The quantitative estimate of drug-likeness (QED) is 0.326. The summed E-state index contributed by atoms with van der Waals surface area (Å²) in [5.74, 6) is 0.323. The van der Waals surface area contributed by atoms with Crippen molar-refractivity contribution in [3.63, 3.8) is 0 Å². The van der Waals surface area contributed by atoms with E-state index in [-0.39, 0.29) is 0 Å². The van der Waals surface area contributed by atoms with E-state index in [1.807, 2.05) is 55.5 Å². The first-order valence-electron chi connectivity index (χ1n) is 8.84. The molecule has 1 aromatic heterocycles. The van der Waals surface area contributed by atoms with Gasteiger partial charge in [-0.25, -0.2) is 9.97 Å². The number of benzene rings is 3. The van der Waals surface area contributed by atoms with E-state index in [1.165, 1.54) is 12.5 Å². The topological polar surface area (TPSA) is 52.1 Å². The highest BCUT2D eigenvalue weighted by Gasteiger charge is 2.18. The predicted octanol–water partition coefficient (Wildman–Crippen LogP) is 5.85. The molecule has 0 spiro atoms. The second-order valence-electron chi connectivity index (χ2n) is 6.49. The Morgan fingerprint density at radius 3 is 2.43 bits per heavy atom. The third-order valence-corrected chi connectivity index (χ3v) is 4.70. The summed E-state index contributed by atoms with van der Waals surface area (Å²) in [5.41, 5.74) is 4.24. The summed E-state index contributed by atoms with van der Waals surface area (Å²) in [7, 11) is 0. The van der Waals surface area contributed by atoms with Crippen molar-refractivity contribution in [1.29, 1.82) is 0 Å². The highest BCUT2D eigenvalue weighted by molar-refractivity contribution is 6.33. The molecule has 4 rings (SSSR count). The summed E-state index contributed by atoms with van der Waals surface area (Å²) in [4.78, 5) is 21.0. The Labute approximate surface area is 167 Å². The molecule has 0 aliphatic heterocycles. The van der Waals surface area contributed by atoms with Gasteiger partial charge in [0.05, 0.1) is 21.8 Å². The molecule has 0 unspecified atom stereocenters. The molecule has 3 aromatic carbocycles. The maximum atomic E-state index is 11.5. The van der Waals surface area contributed by atoms with Crippen LogP contribution in [0, 0.1) is 6.92 Å². The third-order valence-electron chi connectivity index (χ3n) is 4.38. The maximum Gasteiger partial charge on any atom is 0.308 e. The number of nitrogens with zero attached hydrogens (tertiary/aromatic N) is 2. The first-order chi connectivity index (χ1) is 13.5. The van der Waals surface area contributed by atoms with Crippen LogP contribution in [0.4, 0.5) is 0 Å². The van der Waals surface area contributed by atoms with Crippen LogP contribution in [-0.4, -0.2) is 15.9 Å². The Morgan fingerprint density at radius 2 is 1.68 bits per heavy atom. The summed E-state index contributed by atoms with van der Waals surface area (Å²) in [5, 5.41) is 1.36. The number of carbonyl (C=O) groups excluding carboxylic acids is 1. The molecule has 28 heavy (non-hydrogen) atoms. The molecule has 5 heteroatoms. The second-order valence-corrected chi connectivity index (χ2v) is 6.89. The largest absolute Gasteiger partial charge is 0.426 e. The molecule has 0 saturated heterocycles. The molecule has 4 aromatic rings. The monoisotopic (exact) mass is 388 g/mol. The lowest BCUT2D eigenvalue weighted by molar-refractivity contribution is -0.131. The average molecular weight is 389 g/mol. The van der Waals surface area contributed by atoms with Crippen LogP contribution in [0.3, 0.4) is 0 Å². The first-order valence-corrected chi connectivity index (χ1v) is 9.22. The van der Waals surface area contributed by atoms with Crippen molar-refractivity contribution in [1.82, 2.24) is 9.97 Å². The Bertz CT molecular complexity index is 1190. The number of fused-ring (bicyclic) bond motifs is 1. The Hall–Kier alpha value is -3.24. The normalized spacial score (nSPS) is 10.8. The van der Waals surface area contributed by atoms with Crippen LogP contribution in [0.25, 0.3) is 33.5 Å². The third kappa shape index (κ3) is 3.47. The number of rotatable bonds is 3. The zero-order valence-corrected chi connectivity index (χ0v) is 16.2. The Balaban J connectivity index is 2.00. The summed E-state index contributed by atoms with van der Waals surface area (Å²) >= 11 is 6.45. The first kappa shape index (κ1) is 18.1. The molecular weight excluding hydrogens is 372 g/mol. The number of para-hydroxylation sites is 1. The maximum absolute atomic E-state index is 11.5. The molecule has 0 aliphatic carbocycles. The van der Waals surface area contributed by atoms with Gasteiger partial charge in [0, 0.05) is 17.9 Å². The van der Waals surface area contributed by atoms with Gasteiger partial charge in [-0.15, -0.1) is 0 Å². The molecule has 0 atom stereocenters. The van der Waals surface area contributed by atoms with Gasteiger partial charge in [-0.2, -0.15) is 0 Å². The average Bonchev–Trinajstić information content (AvgIpc) is 2.67. The smallest absolute Gasteiger partial charge is 0.308 e. The molecule has 0 radical (unpaired) electrons. The van der Waals surface area contributed by atoms with Gasteiger partial charge in [-0.1, -0.05) is 65.7 Å². The van der Waals surface area contributed by atoms with Crippen LogP contribution in [0.2, 0.25) is 5.02 Å². The lowest BCUT2D eigenvalue weighted by atomic mass is 10.0. The van der Waals surface area contributed by atoms with Gasteiger partial charge in [0.25, 0.3) is 0 Å². The van der Waals surface area contributed by atoms with Crippen molar-refractivity contribution in [3.8, 4) is 28.4 Å². The summed E-state index contributed by atoms with van der Waals surface area (Å²) in [6, 6.07) is 21.1. The van der Waals surface area contributed by atoms with Gasteiger partial charge < -0.3 is 4.74 Å². The van der Waals surface area contributed by atoms with Crippen LogP contribution >= 0.6 is 11.6 Å². The summed E-state index contributed by atoms with van der Waals surface area (Å²) in [6.45, 7) is 3.39. The molecule has 0 amide bonds. The minimum Gasteiger partial charge on any atom is -0.426 e. The number of aromatic nitrogens is 2. The van der Waals surface area contributed by atoms with E-state index in [0.717, 1.165) is 22.2 Å². The molecule has 0 N–H and O–H groups in total. The van der Waals surface area contributed by atoms with Crippen LogP contribution in [0.15, 0.2) is 66.7 Å². The van der Waals surface area contributed by atoms with Crippen molar-refractivity contribution in [2.24, 2.45) is 0 Å². The fourth-order valence-electron chi connectivity index (χ4n) is 3.08. The zero-order valence-electron chi connectivity index (χ0n) is 15.4. The van der Waals surface area contributed by atoms with Crippen molar-refractivity contribution >= 4 is 28.5 Å². The minimum absolute atomic E-state index is 0.338. The number of aryl methyl sites for hydroxylation is 1. The Morgan fingerprint density at radius 1 is 0.929 bits per heavy atom. The van der Waals surface area contributed by atoms with Crippen LogP contribution < -0.4 is 4.74 Å². The van der Waals surface area contributed by atoms with Gasteiger partial charge in [0.2, 0.25) is 0 Å². The van der Waals surface area contributed by atoms with Crippen molar-refractivity contribution in [3.05, 3.63) is 77.3 Å². The minimum atomic E-state index is -0.428. The number of esters is 1. The number of carbonyl (C=O) groups is 1. The van der Waals surface area contributed by atoms with Gasteiger partial charge in [-0.05, 0) is 25.1 Å². The molecule has 138 valence electrons. The molecular formula is C23H17ClN2O2. The number of ether oxygens (including phenoxy) is 1. The van der Waals surface area contributed by atoms with E-state index in [9.17, 15) is 4.79 Å². The lowest BCUT2D eigenvalue weighted by Crippen LogP contribution is -2.04. The van der Waals surface area contributed by atoms with Crippen molar-refractivity contribution in [2.75, 3.05) is 0 Å². The van der Waals surface area contributed by atoms with E-state index in [4.69, 9.17) is 26.3 Å². The molecule has 0 fully saturated rings. The van der Waals surface area contributed by atoms with Gasteiger partial charge >= 0.3 is 5.97 Å². The zero-order chi connectivity index (χ0) is 19.7. The van der Waals surface area contributed by atoms with E-state index in [0.29, 0.717) is 22.2 Å². The van der Waals surface area contributed by atoms with E-state index < -0.39 is 5.97 Å². The van der Waals surface area contributed by atoms with E-state index in [1.54, 1.807) is 18.2 Å². The van der Waals surface area contributed by atoms with E-state index >= 15 is 0 Å². The van der Waals surface area contributed by atoms with E-state index in [2.05, 4.69) is 0 Å². The van der Waals surface area contributed by atoms with Gasteiger partial charge in [-0.3, -0.25) is 4.79 Å². The van der Waals surface area contributed by atoms with Crippen LogP contribution in [0.5, 0.6) is 5.75 Å². The van der Waals surface area contributed by atoms with Gasteiger partial charge in [0.1, 0.15) is 5.75 Å². The highest BCUT2D eigenvalue weighted by Crippen LogP contribution is 2.37. The SMILES string of the molecule is CC(=O)Oc1cccc(Cl)c1-c1nc(-c2ccc(C)cc2)c2ccccc2n1.